The second kappa shape index (κ2) is 4.58. The number of hydrogen-bond donors (Lipinski definition) is 1. The van der Waals surface area contributed by atoms with Crippen molar-refractivity contribution >= 4 is 5.69 Å². The minimum absolute atomic E-state index is 0.381. The van der Waals surface area contributed by atoms with Gasteiger partial charge in [-0.2, -0.15) is 10.4 Å². The van der Waals surface area contributed by atoms with Crippen LogP contribution in [0, 0.1) is 11.3 Å². The Bertz CT molecular complexity index is 568. The molecule has 5 nitrogen and oxygen atoms in total. The molecule has 0 atom stereocenters. The molecule has 0 aliphatic heterocycles. The zero-order chi connectivity index (χ0) is 12.3. The quantitative estimate of drug-likeness (QED) is 0.806. The molecular weight excluding hydrogens is 216 g/mol. The van der Waals surface area contributed by atoms with Crippen LogP contribution in [-0.4, -0.2) is 9.78 Å². The van der Waals surface area contributed by atoms with Gasteiger partial charge >= 0.3 is 0 Å². The summed E-state index contributed by atoms with van der Waals surface area (Å²) in [6.07, 6.45) is 3.59. The Balaban J connectivity index is 2.12. The summed E-state index contributed by atoms with van der Waals surface area (Å²) in [5.41, 5.74) is 7.54. The van der Waals surface area contributed by atoms with Crippen molar-refractivity contribution in [3.8, 4) is 11.8 Å². The normalized spacial score (nSPS) is 9.88. The number of nitriles is 1. The van der Waals surface area contributed by atoms with Crippen molar-refractivity contribution in [2.24, 2.45) is 7.05 Å². The summed E-state index contributed by atoms with van der Waals surface area (Å²) in [5, 5.41) is 13.0. The van der Waals surface area contributed by atoms with Gasteiger partial charge in [0.1, 0.15) is 18.4 Å². The van der Waals surface area contributed by atoms with Gasteiger partial charge in [0.15, 0.2) is 0 Å². The Morgan fingerprint density at radius 2 is 2.35 bits per heavy atom. The van der Waals surface area contributed by atoms with Gasteiger partial charge in [-0.1, -0.05) is 0 Å². The lowest BCUT2D eigenvalue weighted by Crippen LogP contribution is -1.97. The third kappa shape index (κ3) is 2.55. The lowest BCUT2D eigenvalue weighted by molar-refractivity contribution is 0.305. The molecule has 2 N–H and O–H groups in total. The summed E-state index contributed by atoms with van der Waals surface area (Å²) in [5.74, 6) is 0.533. The van der Waals surface area contributed by atoms with Crippen molar-refractivity contribution in [2.75, 3.05) is 5.73 Å². The highest BCUT2D eigenvalue weighted by atomic mass is 16.5. The van der Waals surface area contributed by atoms with Gasteiger partial charge in [0.2, 0.25) is 0 Å². The average Bonchev–Trinajstić information content (AvgIpc) is 2.73. The topological polar surface area (TPSA) is 76.9 Å². The fourth-order valence-electron chi connectivity index (χ4n) is 1.47. The zero-order valence-corrected chi connectivity index (χ0v) is 9.42. The minimum atomic E-state index is 0.381. The number of rotatable bonds is 3. The molecule has 0 aliphatic carbocycles. The number of ether oxygens (including phenoxy) is 1. The van der Waals surface area contributed by atoms with E-state index in [1.807, 2.05) is 13.2 Å². The molecule has 2 rings (SSSR count). The van der Waals surface area contributed by atoms with Gasteiger partial charge in [-0.3, -0.25) is 4.68 Å². The smallest absolute Gasteiger partial charge is 0.137 e. The molecule has 5 heteroatoms. The number of nitrogens with zero attached hydrogens (tertiary/aromatic N) is 3. The maximum absolute atomic E-state index is 8.94. The summed E-state index contributed by atoms with van der Waals surface area (Å²) >= 11 is 0. The summed E-state index contributed by atoms with van der Waals surface area (Å²) in [6, 6.07) is 7.05. The second-order valence-electron chi connectivity index (χ2n) is 3.68. The first-order valence-electron chi connectivity index (χ1n) is 5.09. The van der Waals surface area contributed by atoms with E-state index in [1.165, 1.54) is 0 Å². The van der Waals surface area contributed by atoms with Crippen molar-refractivity contribution in [3.05, 3.63) is 41.7 Å². The van der Waals surface area contributed by atoms with Crippen LogP contribution in [-0.2, 0) is 13.7 Å². The largest absolute Gasteiger partial charge is 0.487 e. The maximum atomic E-state index is 8.94. The Labute approximate surface area is 99.0 Å². The van der Waals surface area contributed by atoms with E-state index in [1.54, 1.807) is 29.1 Å². The third-order valence-corrected chi connectivity index (χ3v) is 2.28. The number of hydrogen-bond acceptors (Lipinski definition) is 4. The highest BCUT2D eigenvalue weighted by molar-refractivity contribution is 5.53. The number of aryl methyl sites for hydroxylation is 1. The van der Waals surface area contributed by atoms with Crippen LogP contribution in [0.3, 0.4) is 0 Å². The molecule has 86 valence electrons. The molecule has 17 heavy (non-hydrogen) atoms. The van der Waals surface area contributed by atoms with Crippen LogP contribution in [0.15, 0.2) is 30.6 Å². The van der Waals surface area contributed by atoms with Crippen molar-refractivity contribution < 1.29 is 4.74 Å². The van der Waals surface area contributed by atoms with E-state index in [4.69, 9.17) is 15.7 Å². The molecule has 0 radical (unpaired) electrons. The standard InChI is InChI=1S/C12H12N4O/c1-16-7-9(6-15-16)8-17-12-3-2-11(14)4-10(12)5-13/h2-4,6-7H,8,14H2,1H3. The van der Waals surface area contributed by atoms with Crippen LogP contribution in [0.2, 0.25) is 0 Å². The van der Waals surface area contributed by atoms with Crippen LogP contribution >= 0.6 is 0 Å². The van der Waals surface area contributed by atoms with Gasteiger partial charge in [0.05, 0.1) is 11.8 Å². The van der Waals surface area contributed by atoms with Crippen LogP contribution in [0.1, 0.15) is 11.1 Å². The Kier molecular flexibility index (Phi) is 2.97. The summed E-state index contributed by atoms with van der Waals surface area (Å²) in [6.45, 7) is 0.381. The Hall–Kier alpha value is -2.48. The molecule has 1 heterocycles. The summed E-state index contributed by atoms with van der Waals surface area (Å²) in [7, 11) is 1.84. The molecule has 2 aromatic rings. The van der Waals surface area contributed by atoms with E-state index in [9.17, 15) is 0 Å². The predicted octanol–water partition coefficient (Wildman–Crippen LogP) is 1.45. The molecule has 0 bridgehead atoms. The first-order chi connectivity index (χ1) is 8.19. The fourth-order valence-corrected chi connectivity index (χ4v) is 1.47. The van der Waals surface area contributed by atoms with Gasteiger partial charge in [-0.25, -0.2) is 0 Å². The SMILES string of the molecule is Cn1cc(COc2ccc(N)cc2C#N)cn1. The molecular formula is C12H12N4O. The number of aromatic nitrogens is 2. The Morgan fingerprint density at radius 3 is 3.00 bits per heavy atom. The van der Waals surface area contributed by atoms with E-state index < -0.39 is 0 Å². The van der Waals surface area contributed by atoms with Crippen LogP contribution in [0.25, 0.3) is 0 Å². The van der Waals surface area contributed by atoms with Crippen molar-refractivity contribution in [2.45, 2.75) is 6.61 Å². The first kappa shape index (κ1) is 11.0. The van der Waals surface area contributed by atoms with E-state index in [-0.39, 0.29) is 0 Å². The van der Waals surface area contributed by atoms with Gasteiger partial charge in [0, 0.05) is 24.5 Å². The van der Waals surface area contributed by atoms with E-state index in [2.05, 4.69) is 11.2 Å². The number of nitrogens with two attached hydrogens (primary N) is 1. The zero-order valence-electron chi connectivity index (χ0n) is 9.42. The van der Waals surface area contributed by atoms with Gasteiger partial charge in [0.25, 0.3) is 0 Å². The third-order valence-electron chi connectivity index (χ3n) is 2.28. The maximum Gasteiger partial charge on any atom is 0.137 e. The Morgan fingerprint density at radius 1 is 1.53 bits per heavy atom. The van der Waals surface area contributed by atoms with E-state index in [0.29, 0.717) is 23.6 Å². The molecule has 0 saturated carbocycles. The van der Waals surface area contributed by atoms with Crippen molar-refractivity contribution in [1.82, 2.24) is 9.78 Å². The highest BCUT2D eigenvalue weighted by Gasteiger charge is 2.04. The van der Waals surface area contributed by atoms with E-state index >= 15 is 0 Å². The number of benzene rings is 1. The second-order valence-corrected chi connectivity index (χ2v) is 3.68. The predicted molar refractivity (Wildman–Crippen MR) is 63.1 cm³/mol. The molecule has 1 aromatic heterocycles. The molecule has 0 unspecified atom stereocenters. The van der Waals surface area contributed by atoms with Crippen molar-refractivity contribution in [1.29, 1.82) is 5.26 Å². The number of anilines is 1. The van der Waals surface area contributed by atoms with Crippen LogP contribution < -0.4 is 10.5 Å². The van der Waals surface area contributed by atoms with Crippen LogP contribution in [0.4, 0.5) is 5.69 Å². The van der Waals surface area contributed by atoms with Gasteiger partial charge in [-0.05, 0) is 18.2 Å². The number of nitrogen functional groups attached to an aromatic ring is 1. The van der Waals surface area contributed by atoms with Crippen LogP contribution in [0.5, 0.6) is 5.75 Å². The molecule has 0 fully saturated rings. The fraction of sp³-hybridized carbons (Fsp3) is 0.167. The van der Waals surface area contributed by atoms with Gasteiger partial charge < -0.3 is 10.5 Å². The molecule has 0 spiro atoms. The first-order valence-corrected chi connectivity index (χ1v) is 5.09. The van der Waals surface area contributed by atoms with Crippen molar-refractivity contribution in [3.63, 3.8) is 0 Å². The molecule has 1 aromatic carbocycles. The lowest BCUT2D eigenvalue weighted by atomic mass is 10.2. The summed E-state index contributed by atoms with van der Waals surface area (Å²) < 4.78 is 7.25. The lowest BCUT2D eigenvalue weighted by Gasteiger charge is -2.06. The van der Waals surface area contributed by atoms with E-state index in [0.717, 1.165) is 5.56 Å². The van der Waals surface area contributed by atoms with Gasteiger partial charge in [-0.15, -0.1) is 0 Å². The average molecular weight is 228 g/mol. The summed E-state index contributed by atoms with van der Waals surface area (Å²) in [4.78, 5) is 0. The minimum Gasteiger partial charge on any atom is -0.487 e. The molecule has 0 saturated heterocycles. The monoisotopic (exact) mass is 228 g/mol. The molecule has 0 amide bonds. The molecule has 0 aliphatic rings. The highest BCUT2D eigenvalue weighted by Crippen LogP contribution is 2.21.